The van der Waals surface area contributed by atoms with Gasteiger partial charge in [-0.15, -0.1) is 13.2 Å². The van der Waals surface area contributed by atoms with Gasteiger partial charge in [0.25, 0.3) is 0 Å². The van der Waals surface area contributed by atoms with Gasteiger partial charge in [-0.3, -0.25) is 0 Å². The van der Waals surface area contributed by atoms with Crippen molar-refractivity contribution in [1.29, 1.82) is 0 Å². The number of alkyl halides is 3. The van der Waals surface area contributed by atoms with Gasteiger partial charge >= 0.3 is 6.36 Å². The lowest BCUT2D eigenvalue weighted by atomic mass is 9.99. The van der Waals surface area contributed by atoms with Crippen molar-refractivity contribution in [2.45, 2.75) is 19.4 Å². The normalized spacial score (nSPS) is 13.0. The summed E-state index contributed by atoms with van der Waals surface area (Å²) in [4.78, 5) is 0. The van der Waals surface area contributed by atoms with Crippen LogP contribution in [0.5, 0.6) is 5.75 Å². The molecule has 0 amide bonds. The molecule has 1 N–H and O–H groups in total. The Hall–Kier alpha value is -1.72. The molecule has 0 spiro atoms. The Bertz CT molecular complexity index is 641. The average Bonchev–Trinajstić information content (AvgIpc) is 2.36. The fraction of sp³-hybridized carbons (Fsp3) is 0.200. The number of para-hydroxylation sites is 1. The van der Waals surface area contributed by atoms with Crippen molar-refractivity contribution in [1.82, 2.24) is 0 Å². The maximum absolute atomic E-state index is 12.4. The zero-order chi connectivity index (χ0) is 15.6. The average molecular weight is 317 g/mol. The molecule has 112 valence electrons. The van der Waals surface area contributed by atoms with Gasteiger partial charge in [0.2, 0.25) is 0 Å². The Morgan fingerprint density at radius 1 is 1.10 bits per heavy atom. The predicted molar refractivity (Wildman–Crippen MR) is 73.4 cm³/mol. The molecule has 0 saturated carbocycles. The van der Waals surface area contributed by atoms with Crippen LogP contribution in [0.25, 0.3) is 0 Å². The number of halogens is 4. The quantitative estimate of drug-likeness (QED) is 0.894. The zero-order valence-electron chi connectivity index (χ0n) is 11.0. The lowest BCUT2D eigenvalue weighted by Gasteiger charge is -2.18. The molecule has 2 nitrogen and oxygen atoms in total. The molecule has 0 bridgehead atoms. The van der Waals surface area contributed by atoms with Crippen LogP contribution in [0.4, 0.5) is 13.2 Å². The Morgan fingerprint density at radius 2 is 1.76 bits per heavy atom. The second-order valence-electron chi connectivity index (χ2n) is 4.51. The minimum atomic E-state index is -4.83. The molecule has 0 aliphatic carbocycles. The van der Waals surface area contributed by atoms with Crippen LogP contribution in [-0.4, -0.2) is 11.5 Å². The molecule has 21 heavy (non-hydrogen) atoms. The molecule has 1 atom stereocenters. The van der Waals surface area contributed by atoms with E-state index >= 15 is 0 Å². The van der Waals surface area contributed by atoms with Crippen molar-refractivity contribution in [3.63, 3.8) is 0 Å². The van der Waals surface area contributed by atoms with Crippen LogP contribution in [0.2, 0.25) is 5.02 Å². The molecule has 2 rings (SSSR count). The van der Waals surface area contributed by atoms with E-state index in [9.17, 15) is 18.3 Å². The summed E-state index contributed by atoms with van der Waals surface area (Å²) in [6, 6.07) is 10.4. The van der Waals surface area contributed by atoms with Crippen LogP contribution >= 0.6 is 11.6 Å². The number of hydrogen-bond donors (Lipinski definition) is 1. The van der Waals surface area contributed by atoms with Crippen molar-refractivity contribution >= 4 is 11.6 Å². The van der Waals surface area contributed by atoms with Crippen molar-refractivity contribution < 1.29 is 23.0 Å². The highest BCUT2D eigenvalue weighted by Gasteiger charge is 2.33. The summed E-state index contributed by atoms with van der Waals surface area (Å²) in [5.74, 6) is -0.450. The van der Waals surface area contributed by atoms with Gasteiger partial charge in [-0.1, -0.05) is 41.9 Å². The minimum absolute atomic E-state index is 0.000535. The molecule has 0 saturated heterocycles. The number of aliphatic hydroxyl groups is 1. The molecule has 2 aromatic rings. The number of aryl methyl sites for hydroxylation is 1. The van der Waals surface area contributed by atoms with Crippen LogP contribution < -0.4 is 4.74 Å². The SMILES string of the molecule is Cc1ccc(C(O)c2ccccc2OC(F)(F)F)c(Cl)c1. The Kier molecular flexibility index (Phi) is 4.44. The standard InChI is InChI=1S/C15H12ClF3O2/c1-9-6-7-10(12(16)8-9)14(20)11-4-2-3-5-13(11)21-15(17,18)19/h2-8,14,20H,1H3. The number of benzene rings is 2. The topological polar surface area (TPSA) is 29.5 Å². The third-order valence-electron chi connectivity index (χ3n) is 2.89. The largest absolute Gasteiger partial charge is 0.573 e. The van der Waals surface area contributed by atoms with E-state index in [1.807, 2.05) is 6.92 Å². The van der Waals surface area contributed by atoms with Crippen LogP contribution in [0.15, 0.2) is 42.5 Å². The van der Waals surface area contributed by atoms with E-state index in [4.69, 9.17) is 11.6 Å². The minimum Gasteiger partial charge on any atom is -0.405 e. The highest BCUT2D eigenvalue weighted by Crippen LogP contribution is 2.35. The summed E-state index contributed by atoms with van der Waals surface area (Å²) in [6.07, 6.45) is -6.14. The zero-order valence-corrected chi connectivity index (χ0v) is 11.7. The Labute approximate surface area is 124 Å². The van der Waals surface area contributed by atoms with E-state index in [-0.39, 0.29) is 10.6 Å². The monoisotopic (exact) mass is 316 g/mol. The Balaban J connectivity index is 2.41. The van der Waals surface area contributed by atoms with E-state index < -0.39 is 18.2 Å². The number of ether oxygens (including phenoxy) is 1. The summed E-state index contributed by atoms with van der Waals surface area (Å²) in [5, 5.41) is 10.6. The molecule has 2 aromatic carbocycles. The molecule has 6 heteroatoms. The van der Waals surface area contributed by atoms with Crippen LogP contribution in [0.3, 0.4) is 0 Å². The maximum atomic E-state index is 12.4. The van der Waals surface area contributed by atoms with Crippen molar-refractivity contribution in [3.8, 4) is 5.75 Å². The molecular formula is C15H12ClF3O2. The van der Waals surface area contributed by atoms with E-state index in [1.54, 1.807) is 18.2 Å². The molecule has 0 radical (unpaired) electrons. The van der Waals surface area contributed by atoms with Gasteiger partial charge in [-0.2, -0.15) is 0 Å². The highest BCUT2D eigenvalue weighted by molar-refractivity contribution is 6.31. The first-order valence-electron chi connectivity index (χ1n) is 6.07. The van der Waals surface area contributed by atoms with Crippen molar-refractivity contribution in [2.24, 2.45) is 0 Å². The van der Waals surface area contributed by atoms with Crippen LogP contribution in [0, 0.1) is 6.92 Å². The smallest absolute Gasteiger partial charge is 0.405 e. The van der Waals surface area contributed by atoms with Gasteiger partial charge in [-0.25, -0.2) is 0 Å². The van der Waals surface area contributed by atoms with Crippen LogP contribution in [0.1, 0.15) is 22.8 Å². The van der Waals surface area contributed by atoms with Crippen molar-refractivity contribution in [2.75, 3.05) is 0 Å². The first-order chi connectivity index (χ1) is 9.78. The van der Waals surface area contributed by atoms with E-state index in [1.165, 1.54) is 18.2 Å². The van der Waals surface area contributed by atoms with Gasteiger partial charge < -0.3 is 9.84 Å². The summed E-state index contributed by atoms with van der Waals surface area (Å²) in [5.41, 5.74) is 1.21. The highest BCUT2D eigenvalue weighted by atomic mass is 35.5. The first kappa shape index (κ1) is 15.7. The fourth-order valence-electron chi connectivity index (χ4n) is 1.95. The molecule has 0 aliphatic heterocycles. The molecule has 0 heterocycles. The molecule has 0 fully saturated rings. The number of hydrogen-bond acceptors (Lipinski definition) is 2. The lowest BCUT2D eigenvalue weighted by molar-refractivity contribution is -0.275. The van der Waals surface area contributed by atoms with E-state index in [0.29, 0.717) is 5.56 Å². The van der Waals surface area contributed by atoms with Gasteiger partial charge in [0.15, 0.2) is 0 Å². The summed E-state index contributed by atoms with van der Waals surface area (Å²) >= 11 is 6.04. The number of aliphatic hydroxyl groups excluding tert-OH is 1. The molecule has 0 aliphatic rings. The second-order valence-corrected chi connectivity index (χ2v) is 4.92. The Morgan fingerprint density at radius 3 is 2.38 bits per heavy atom. The number of rotatable bonds is 3. The first-order valence-corrected chi connectivity index (χ1v) is 6.44. The lowest BCUT2D eigenvalue weighted by Crippen LogP contribution is -2.19. The third-order valence-corrected chi connectivity index (χ3v) is 3.22. The van der Waals surface area contributed by atoms with Gasteiger partial charge in [0, 0.05) is 16.1 Å². The third kappa shape index (κ3) is 3.89. The van der Waals surface area contributed by atoms with Gasteiger partial charge in [0.1, 0.15) is 11.9 Å². The molecule has 1 unspecified atom stereocenters. The van der Waals surface area contributed by atoms with E-state index in [2.05, 4.69) is 4.74 Å². The summed E-state index contributed by atoms with van der Waals surface area (Å²) < 4.78 is 41.1. The maximum Gasteiger partial charge on any atom is 0.573 e. The summed E-state index contributed by atoms with van der Waals surface area (Å²) in [6.45, 7) is 1.82. The van der Waals surface area contributed by atoms with Gasteiger partial charge in [0.05, 0.1) is 0 Å². The van der Waals surface area contributed by atoms with Gasteiger partial charge in [-0.05, 0) is 24.6 Å². The van der Waals surface area contributed by atoms with Crippen LogP contribution in [-0.2, 0) is 0 Å². The predicted octanol–water partition coefficient (Wildman–Crippen LogP) is 4.63. The molecular weight excluding hydrogens is 305 g/mol. The van der Waals surface area contributed by atoms with Crippen molar-refractivity contribution in [3.05, 3.63) is 64.2 Å². The summed E-state index contributed by atoms with van der Waals surface area (Å²) in [7, 11) is 0. The second kappa shape index (κ2) is 5.95. The molecule has 0 aromatic heterocycles. The van der Waals surface area contributed by atoms with E-state index in [0.717, 1.165) is 11.6 Å². The fourth-order valence-corrected chi connectivity index (χ4v) is 2.28.